The monoisotopic (exact) mass is 644 g/mol. The van der Waals surface area contributed by atoms with Crippen LogP contribution in [0.15, 0.2) is 179 Å². The third kappa shape index (κ3) is 4.71. The Morgan fingerprint density at radius 3 is 1.92 bits per heavy atom. The summed E-state index contributed by atoms with van der Waals surface area (Å²) in [5.74, 6) is 0.825. The smallest absolute Gasteiger partial charge is 0.184 e. The van der Waals surface area contributed by atoms with Gasteiger partial charge in [-0.05, 0) is 52.1 Å². The number of para-hydroxylation sites is 2. The summed E-state index contributed by atoms with van der Waals surface area (Å²) in [6, 6.07) is 59.7. The molecule has 3 heterocycles. The zero-order valence-corrected chi connectivity index (χ0v) is 27.1. The van der Waals surface area contributed by atoms with Crippen molar-refractivity contribution in [2.45, 2.75) is 12.5 Å². The molecule has 1 aliphatic rings. The predicted octanol–water partition coefficient (Wildman–Crippen LogP) is 10.8. The molecule has 5 heteroatoms. The number of rotatable bonds is 5. The third-order valence-corrected chi connectivity index (χ3v) is 9.90. The molecule has 50 heavy (non-hydrogen) atoms. The van der Waals surface area contributed by atoms with Crippen LogP contribution in [0.4, 0.5) is 0 Å². The highest BCUT2D eigenvalue weighted by molar-refractivity contribution is 6.21. The van der Waals surface area contributed by atoms with Gasteiger partial charge < -0.3 is 14.3 Å². The predicted molar refractivity (Wildman–Crippen MR) is 205 cm³/mol. The molecule has 5 nitrogen and oxygen atoms in total. The summed E-state index contributed by atoms with van der Waals surface area (Å²) in [5.41, 5.74) is 10.7. The highest BCUT2D eigenvalue weighted by atomic mass is 16.3. The maximum Gasteiger partial charge on any atom is 0.184 e. The van der Waals surface area contributed by atoms with Gasteiger partial charge in [-0.3, -0.25) is 5.32 Å². The summed E-state index contributed by atoms with van der Waals surface area (Å²) in [5, 5.41) is 12.2. The number of furan rings is 1. The van der Waals surface area contributed by atoms with E-state index >= 15 is 0 Å². The van der Waals surface area contributed by atoms with Gasteiger partial charge in [-0.25, -0.2) is 4.99 Å². The fourth-order valence-corrected chi connectivity index (χ4v) is 7.49. The van der Waals surface area contributed by atoms with Crippen molar-refractivity contribution in [3.05, 3.63) is 181 Å². The summed E-state index contributed by atoms with van der Waals surface area (Å²) < 4.78 is 8.98. The number of benzene rings is 7. The molecule has 0 radical (unpaired) electrons. The molecule has 9 aromatic rings. The Balaban J connectivity index is 1.17. The molecule has 2 aromatic heterocycles. The molecule has 238 valence electrons. The topological polar surface area (TPSA) is 54.5 Å². The lowest BCUT2D eigenvalue weighted by Crippen LogP contribution is -2.46. The first-order valence-corrected chi connectivity index (χ1v) is 17.0. The van der Waals surface area contributed by atoms with Crippen molar-refractivity contribution < 1.29 is 4.42 Å². The fourth-order valence-electron chi connectivity index (χ4n) is 7.49. The second-order valence-corrected chi connectivity index (χ2v) is 12.9. The second-order valence-electron chi connectivity index (χ2n) is 12.9. The van der Waals surface area contributed by atoms with Gasteiger partial charge in [-0.1, -0.05) is 146 Å². The van der Waals surface area contributed by atoms with Gasteiger partial charge in [0.05, 0.1) is 11.0 Å². The third-order valence-electron chi connectivity index (χ3n) is 9.90. The summed E-state index contributed by atoms with van der Waals surface area (Å²) in [4.78, 5) is 5.43. The average Bonchev–Trinajstić information content (AvgIpc) is 3.75. The molecular formula is C45H32N4O. The van der Waals surface area contributed by atoms with E-state index in [1.54, 1.807) is 0 Å². The molecule has 0 aliphatic carbocycles. The second kappa shape index (κ2) is 11.6. The van der Waals surface area contributed by atoms with Crippen molar-refractivity contribution in [1.29, 1.82) is 0 Å². The number of fused-ring (bicyclic) bond motifs is 7. The quantitative estimate of drug-likeness (QED) is 0.196. The Labute approximate surface area is 289 Å². The molecule has 0 saturated carbocycles. The number of hydrogen-bond acceptors (Lipinski definition) is 4. The number of nitrogens with zero attached hydrogens (tertiary/aromatic N) is 2. The normalized spacial score (nSPS) is 16.2. The lowest BCUT2D eigenvalue weighted by molar-refractivity contribution is 0.341. The number of aromatic nitrogens is 1. The van der Waals surface area contributed by atoms with Crippen LogP contribution in [0.5, 0.6) is 0 Å². The van der Waals surface area contributed by atoms with Crippen LogP contribution in [0.2, 0.25) is 0 Å². The minimum Gasteiger partial charge on any atom is -0.454 e. The zero-order chi connectivity index (χ0) is 33.0. The number of amidine groups is 1. The molecule has 0 amide bonds. The van der Waals surface area contributed by atoms with Crippen molar-refractivity contribution in [2.24, 2.45) is 4.99 Å². The van der Waals surface area contributed by atoms with E-state index in [9.17, 15) is 0 Å². The molecule has 0 saturated heterocycles. The van der Waals surface area contributed by atoms with Gasteiger partial charge in [-0.2, -0.15) is 0 Å². The molecular weight excluding hydrogens is 613 g/mol. The number of nitrogens with one attached hydrogen (secondary N) is 2. The van der Waals surface area contributed by atoms with Crippen LogP contribution in [0.25, 0.3) is 66.0 Å². The molecule has 10 rings (SSSR count). The Kier molecular flexibility index (Phi) is 6.64. The first-order valence-electron chi connectivity index (χ1n) is 17.0. The van der Waals surface area contributed by atoms with E-state index in [1.807, 2.05) is 18.2 Å². The minimum atomic E-state index is -0.438. The number of hydrogen-bond donors (Lipinski definition) is 2. The fraction of sp³-hybridized carbons (Fsp3) is 0.0444. The maximum absolute atomic E-state index is 6.66. The highest BCUT2D eigenvalue weighted by Gasteiger charge is 2.29. The molecule has 2 atom stereocenters. The van der Waals surface area contributed by atoms with E-state index < -0.39 is 6.29 Å². The van der Waals surface area contributed by atoms with Crippen LogP contribution >= 0.6 is 0 Å². The lowest BCUT2D eigenvalue weighted by atomic mass is 10.0. The van der Waals surface area contributed by atoms with Crippen molar-refractivity contribution >= 4 is 49.6 Å². The van der Waals surface area contributed by atoms with Gasteiger partial charge >= 0.3 is 0 Å². The standard InChI is InChI=1S/C45H32N4O/c1-3-12-29(13-4-1)31-22-24-32(25-23-31)43-46-44(34-17-11-16-33(28-34)30-14-5-2-6-15-30)48-45(47-43)49-39-20-9-7-18-35(39)37-26-27-38-36-19-8-10-21-40(36)50-42(38)41(37)49/h1-28,44-45,48H,(H,46,47). The van der Waals surface area contributed by atoms with Crippen molar-refractivity contribution in [2.75, 3.05) is 0 Å². The van der Waals surface area contributed by atoms with Crippen LogP contribution in [-0.2, 0) is 0 Å². The van der Waals surface area contributed by atoms with Crippen LogP contribution in [0.1, 0.15) is 23.6 Å². The van der Waals surface area contributed by atoms with Gasteiger partial charge in [0.1, 0.15) is 17.6 Å². The van der Waals surface area contributed by atoms with Gasteiger partial charge in [0.2, 0.25) is 0 Å². The van der Waals surface area contributed by atoms with E-state index in [2.05, 4.69) is 167 Å². The Bertz CT molecular complexity index is 2710. The number of aliphatic imine (C=N–C) groups is 1. The molecule has 7 aromatic carbocycles. The van der Waals surface area contributed by atoms with E-state index in [0.29, 0.717) is 0 Å². The van der Waals surface area contributed by atoms with Gasteiger partial charge in [-0.15, -0.1) is 0 Å². The van der Waals surface area contributed by atoms with Gasteiger partial charge in [0, 0.05) is 27.1 Å². The van der Waals surface area contributed by atoms with Crippen LogP contribution in [0.3, 0.4) is 0 Å². The van der Waals surface area contributed by atoms with E-state index in [0.717, 1.165) is 60.7 Å². The van der Waals surface area contributed by atoms with E-state index in [1.165, 1.54) is 22.3 Å². The Morgan fingerprint density at radius 2 is 1.12 bits per heavy atom. The highest BCUT2D eigenvalue weighted by Crippen LogP contribution is 2.41. The molecule has 0 fully saturated rings. The molecule has 0 bridgehead atoms. The van der Waals surface area contributed by atoms with Crippen LogP contribution < -0.4 is 10.6 Å². The molecule has 2 unspecified atom stereocenters. The lowest BCUT2D eigenvalue weighted by Gasteiger charge is -2.33. The summed E-state index contributed by atoms with van der Waals surface area (Å²) in [7, 11) is 0. The van der Waals surface area contributed by atoms with Crippen molar-refractivity contribution in [1.82, 2.24) is 15.2 Å². The maximum atomic E-state index is 6.66. The minimum absolute atomic E-state index is 0.226. The van der Waals surface area contributed by atoms with Gasteiger partial charge in [0.25, 0.3) is 0 Å². The van der Waals surface area contributed by atoms with Crippen LogP contribution in [-0.4, -0.2) is 10.4 Å². The Hall–Kier alpha value is -6.43. The first kappa shape index (κ1) is 28.6. The van der Waals surface area contributed by atoms with Crippen molar-refractivity contribution in [3.63, 3.8) is 0 Å². The van der Waals surface area contributed by atoms with Crippen molar-refractivity contribution in [3.8, 4) is 22.3 Å². The summed E-state index contributed by atoms with van der Waals surface area (Å²) in [6.07, 6.45) is -0.664. The molecule has 2 N–H and O–H groups in total. The van der Waals surface area contributed by atoms with E-state index in [4.69, 9.17) is 9.41 Å². The summed E-state index contributed by atoms with van der Waals surface area (Å²) in [6.45, 7) is 0. The molecule has 1 aliphatic heterocycles. The molecule has 0 spiro atoms. The SMILES string of the molecule is c1ccc(-c2ccc(C3=NC(n4c5ccccc5c5ccc6c7ccccc7oc6c54)NC(c4cccc(-c5ccccc5)c4)N3)cc2)cc1. The largest absolute Gasteiger partial charge is 0.454 e. The zero-order valence-electron chi connectivity index (χ0n) is 27.1. The average molecular weight is 645 g/mol. The van der Waals surface area contributed by atoms with E-state index in [-0.39, 0.29) is 6.17 Å². The van der Waals surface area contributed by atoms with Gasteiger partial charge in [0.15, 0.2) is 11.9 Å². The first-order chi connectivity index (χ1) is 24.8. The van der Waals surface area contributed by atoms with Crippen LogP contribution in [0, 0.1) is 0 Å². The Morgan fingerprint density at radius 1 is 0.500 bits per heavy atom. The summed E-state index contributed by atoms with van der Waals surface area (Å²) >= 11 is 0.